The Balaban J connectivity index is 2.36. The molecule has 0 heterocycles. The number of amides is 1. The maximum atomic E-state index is 13.6. The van der Waals surface area contributed by atoms with Gasteiger partial charge in [0.05, 0.1) is 10.7 Å². The number of hydrogen-bond donors (Lipinski definition) is 1. The van der Waals surface area contributed by atoms with Crippen LogP contribution in [0.2, 0.25) is 5.02 Å². The Bertz CT molecular complexity index is 668. The van der Waals surface area contributed by atoms with Crippen LogP contribution in [0.5, 0.6) is 0 Å². The van der Waals surface area contributed by atoms with E-state index in [0.717, 1.165) is 10.5 Å². The Labute approximate surface area is 127 Å². The van der Waals surface area contributed by atoms with Crippen molar-refractivity contribution >= 4 is 39.1 Å². The molecule has 1 amide bonds. The topological polar surface area (TPSA) is 29.1 Å². The summed E-state index contributed by atoms with van der Waals surface area (Å²) in [6, 6.07) is 6.68. The second kappa shape index (κ2) is 5.89. The van der Waals surface area contributed by atoms with Crippen molar-refractivity contribution in [3.05, 3.63) is 62.6 Å². The maximum absolute atomic E-state index is 13.6. The number of benzene rings is 2. The van der Waals surface area contributed by atoms with E-state index in [1.165, 1.54) is 0 Å². The highest BCUT2D eigenvalue weighted by Gasteiger charge is 2.16. The highest BCUT2D eigenvalue weighted by molar-refractivity contribution is 9.10. The average Bonchev–Trinajstić information content (AvgIpc) is 2.36. The largest absolute Gasteiger partial charge is 0.318 e. The Morgan fingerprint density at radius 1 is 1.30 bits per heavy atom. The molecule has 0 radical (unpaired) electrons. The van der Waals surface area contributed by atoms with E-state index < -0.39 is 17.5 Å². The van der Waals surface area contributed by atoms with Gasteiger partial charge in [0.2, 0.25) is 0 Å². The fourth-order valence-electron chi connectivity index (χ4n) is 1.70. The molecule has 0 fully saturated rings. The first-order valence-electron chi connectivity index (χ1n) is 5.61. The first-order chi connectivity index (χ1) is 9.40. The molecule has 0 saturated carbocycles. The Kier molecular flexibility index (Phi) is 4.40. The van der Waals surface area contributed by atoms with Crippen molar-refractivity contribution in [2.24, 2.45) is 0 Å². The Hall–Kier alpha value is -1.46. The van der Waals surface area contributed by atoms with E-state index in [-0.39, 0.29) is 10.7 Å². The molecule has 1 N–H and O–H groups in total. The number of hydrogen-bond acceptors (Lipinski definition) is 1. The molecule has 2 aromatic rings. The summed E-state index contributed by atoms with van der Waals surface area (Å²) >= 11 is 9.04. The van der Waals surface area contributed by atoms with Crippen LogP contribution >= 0.6 is 27.5 Å². The molecule has 0 unspecified atom stereocenters. The van der Waals surface area contributed by atoms with Crippen molar-refractivity contribution in [3.8, 4) is 0 Å². The zero-order valence-electron chi connectivity index (χ0n) is 10.3. The summed E-state index contributed by atoms with van der Waals surface area (Å²) < 4.78 is 27.3. The molecule has 0 spiro atoms. The smallest absolute Gasteiger partial charge is 0.256 e. The summed E-state index contributed by atoms with van der Waals surface area (Å²) in [7, 11) is 0. The van der Waals surface area contributed by atoms with Crippen LogP contribution in [0.3, 0.4) is 0 Å². The Morgan fingerprint density at radius 2 is 2.00 bits per heavy atom. The SMILES string of the molecule is Cc1c(Br)cccc1C(=O)Nc1c(F)cc(F)cc1Cl. The summed E-state index contributed by atoms with van der Waals surface area (Å²) in [6.45, 7) is 1.75. The van der Waals surface area contributed by atoms with E-state index in [1.807, 2.05) is 0 Å². The third-order valence-electron chi connectivity index (χ3n) is 2.76. The van der Waals surface area contributed by atoms with E-state index in [1.54, 1.807) is 25.1 Å². The molecular formula is C14H9BrClF2NO. The average molecular weight is 361 g/mol. The predicted octanol–water partition coefficient (Wildman–Crippen LogP) is 4.94. The van der Waals surface area contributed by atoms with E-state index in [4.69, 9.17) is 11.6 Å². The van der Waals surface area contributed by atoms with Gasteiger partial charge in [-0.25, -0.2) is 8.78 Å². The quantitative estimate of drug-likeness (QED) is 0.807. The molecule has 0 bridgehead atoms. The van der Waals surface area contributed by atoms with Crippen molar-refractivity contribution in [1.29, 1.82) is 0 Å². The predicted molar refractivity (Wildman–Crippen MR) is 78.2 cm³/mol. The van der Waals surface area contributed by atoms with Crippen LogP contribution in [0.25, 0.3) is 0 Å². The number of rotatable bonds is 2. The van der Waals surface area contributed by atoms with Gasteiger partial charge in [0.15, 0.2) is 5.82 Å². The molecule has 0 saturated heterocycles. The molecule has 0 aliphatic carbocycles. The monoisotopic (exact) mass is 359 g/mol. The standard InChI is InChI=1S/C14H9BrClF2NO/c1-7-9(3-2-4-10(7)15)14(20)19-13-11(16)5-8(17)6-12(13)18/h2-6H,1H3,(H,19,20). The van der Waals surface area contributed by atoms with E-state index in [9.17, 15) is 13.6 Å². The number of anilines is 1. The summed E-state index contributed by atoms with van der Waals surface area (Å²) in [5, 5.41) is 2.17. The van der Waals surface area contributed by atoms with Gasteiger partial charge in [0.1, 0.15) is 5.82 Å². The van der Waals surface area contributed by atoms with Gasteiger partial charge in [-0.3, -0.25) is 4.79 Å². The fourth-order valence-corrected chi connectivity index (χ4v) is 2.30. The zero-order chi connectivity index (χ0) is 14.9. The van der Waals surface area contributed by atoms with Crippen LogP contribution in [0.15, 0.2) is 34.8 Å². The lowest BCUT2D eigenvalue weighted by atomic mass is 10.1. The molecule has 104 valence electrons. The molecule has 0 atom stereocenters. The van der Waals surface area contributed by atoms with Gasteiger partial charge in [0, 0.05) is 16.1 Å². The lowest BCUT2D eigenvalue weighted by Gasteiger charge is -2.11. The summed E-state index contributed by atoms with van der Waals surface area (Å²) in [6.07, 6.45) is 0. The van der Waals surface area contributed by atoms with E-state index in [2.05, 4.69) is 21.2 Å². The first kappa shape index (κ1) is 14.9. The highest BCUT2D eigenvalue weighted by Crippen LogP contribution is 2.28. The first-order valence-corrected chi connectivity index (χ1v) is 6.78. The van der Waals surface area contributed by atoms with E-state index >= 15 is 0 Å². The van der Waals surface area contributed by atoms with Crippen molar-refractivity contribution in [2.45, 2.75) is 6.92 Å². The molecule has 20 heavy (non-hydrogen) atoms. The van der Waals surface area contributed by atoms with Crippen molar-refractivity contribution < 1.29 is 13.6 Å². The second-order valence-corrected chi connectivity index (χ2v) is 5.37. The second-order valence-electron chi connectivity index (χ2n) is 4.11. The Morgan fingerprint density at radius 3 is 2.65 bits per heavy atom. The van der Waals surface area contributed by atoms with E-state index in [0.29, 0.717) is 17.2 Å². The molecule has 0 aliphatic rings. The van der Waals surface area contributed by atoms with Crippen molar-refractivity contribution in [1.82, 2.24) is 0 Å². The lowest BCUT2D eigenvalue weighted by molar-refractivity contribution is 0.102. The van der Waals surface area contributed by atoms with Crippen molar-refractivity contribution in [2.75, 3.05) is 5.32 Å². The molecule has 2 nitrogen and oxygen atoms in total. The molecule has 0 aromatic heterocycles. The van der Waals surface area contributed by atoms with Gasteiger partial charge < -0.3 is 5.32 Å². The number of nitrogens with one attached hydrogen (secondary N) is 1. The number of carbonyl (C=O) groups is 1. The third-order valence-corrected chi connectivity index (χ3v) is 3.91. The van der Waals surface area contributed by atoms with Crippen LogP contribution in [0.4, 0.5) is 14.5 Å². The zero-order valence-corrected chi connectivity index (χ0v) is 12.6. The van der Waals surface area contributed by atoms with Crippen LogP contribution < -0.4 is 5.32 Å². The van der Waals surface area contributed by atoms with Crippen LogP contribution in [-0.2, 0) is 0 Å². The molecule has 2 aromatic carbocycles. The fraction of sp³-hybridized carbons (Fsp3) is 0.0714. The maximum Gasteiger partial charge on any atom is 0.256 e. The van der Waals surface area contributed by atoms with Crippen LogP contribution in [-0.4, -0.2) is 5.91 Å². The van der Waals surface area contributed by atoms with Gasteiger partial charge >= 0.3 is 0 Å². The molecular weight excluding hydrogens is 352 g/mol. The van der Waals surface area contributed by atoms with Gasteiger partial charge in [-0.2, -0.15) is 0 Å². The molecule has 0 aliphatic heterocycles. The van der Waals surface area contributed by atoms with Crippen LogP contribution in [0.1, 0.15) is 15.9 Å². The lowest BCUT2D eigenvalue weighted by Crippen LogP contribution is -2.15. The van der Waals surface area contributed by atoms with Gasteiger partial charge in [-0.15, -0.1) is 0 Å². The highest BCUT2D eigenvalue weighted by atomic mass is 79.9. The summed E-state index contributed by atoms with van der Waals surface area (Å²) in [5.74, 6) is -2.24. The van der Waals surface area contributed by atoms with Crippen molar-refractivity contribution in [3.63, 3.8) is 0 Å². The number of halogens is 4. The normalized spacial score (nSPS) is 10.4. The molecule has 2 rings (SSSR count). The summed E-state index contributed by atoms with van der Waals surface area (Å²) in [4.78, 5) is 12.1. The van der Waals surface area contributed by atoms with Gasteiger partial charge in [-0.1, -0.05) is 33.6 Å². The number of carbonyl (C=O) groups excluding carboxylic acids is 1. The molecule has 6 heteroatoms. The third kappa shape index (κ3) is 2.99. The minimum atomic E-state index is -0.920. The van der Waals surface area contributed by atoms with Gasteiger partial charge in [-0.05, 0) is 30.7 Å². The minimum absolute atomic E-state index is 0.191. The summed E-state index contributed by atoms with van der Waals surface area (Å²) in [5.41, 5.74) is 0.847. The van der Waals surface area contributed by atoms with Crippen LogP contribution in [0, 0.1) is 18.6 Å². The van der Waals surface area contributed by atoms with Gasteiger partial charge in [0.25, 0.3) is 5.91 Å². The minimum Gasteiger partial charge on any atom is -0.318 e.